The fourth-order valence-electron chi connectivity index (χ4n) is 1.97. The summed E-state index contributed by atoms with van der Waals surface area (Å²) in [5.74, 6) is 0.446. The first-order valence-corrected chi connectivity index (χ1v) is 6.96. The van der Waals surface area contributed by atoms with E-state index >= 15 is 0 Å². The molecular weight excluding hydrogens is 286 g/mol. The van der Waals surface area contributed by atoms with Gasteiger partial charge in [0.2, 0.25) is 11.0 Å². The Bertz CT molecular complexity index is 603. The summed E-state index contributed by atoms with van der Waals surface area (Å²) in [4.78, 5) is 12.1. The van der Waals surface area contributed by atoms with Crippen LogP contribution in [0, 0.1) is 5.92 Å². The zero-order valence-electron chi connectivity index (χ0n) is 9.80. The number of hydrogen-bond donors (Lipinski definition) is 1. The molecule has 1 amide bonds. The van der Waals surface area contributed by atoms with Crippen LogP contribution in [0.15, 0.2) is 23.7 Å². The number of carbonyl (C=O) groups excluding carboxylic acids is 1. The van der Waals surface area contributed by atoms with Crippen LogP contribution in [0.25, 0.3) is 0 Å². The van der Waals surface area contributed by atoms with Gasteiger partial charge in [-0.25, -0.2) is 0 Å². The predicted octanol–water partition coefficient (Wildman–Crippen LogP) is 2.38. The molecule has 0 radical (unpaired) electrons. The van der Waals surface area contributed by atoms with E-state index in [9.17, 15) is 4.79 Å². The van der Waals surface area contributed by atoms with Gasteiger partial charge in [0, 0.05) is 5.02 Å². The second kappa shape index (κ2) is 5.14. The third-order valence-corrected chi connectivity index (χ3v) is 3.73. The van der Waals surface area contributed by atoms with Gasteiger partial charge in [0.05, 0.1) is 5.92 Å². The van der Waals surface area contributed by atoms with Crippen LogP contribution in [-0.2, 0) is 11.2 Å². The molecule has 0 bridgehead atoms. The molecule has 0 saturated heterocycles. The SMILES string of the molecule is O=C(Nc1nncs1)[C@@H]1COc2ccc(Cl)cc2C1. The van der Waals surface area contributed by atoms with Crippen LogP contribution in [-0.4, -0.2) is 22.7 Å². The van der Waals surface area contributed by atoms with E-state index in [1.807, 2.05) is 12.1 Å². The Labute approximate surface area is 118 Å². The molecule has 1 aromatic heterocycles. The van der Waals surface area contributed by atoms with Crippen LogP contribution < -0.4 is 10.1 Å². The number of nitrogens with zero attached hydrogens (tertiary/aromatic N) is 2. The van der Waals surface area contributed by atoms with Crippen molar-refractivity contribution in [2.75, 3.05) is 11.9 Å². The molecule has 0 unspecified atom stereocenters. The molecule has 0 spiro atoms. The molecule has 19 heavy (non-hydrogen) atoms. The maximum Gasteiger partial charge on any atom is 0.233 e. The van der Waals surface area contributed by atoms with E-state index in [4.69, 9.17) is 16.3 Å². The van der Waals surface area contributed by atoms with Crippen molar-refractivity contribution in [3.8, 4) is 5.75 Å². The second-order valence-corrected chi connectivity index (χ2v) is 5.47. The maximum atomic E-state index is 12.1. The van der Waals surface area contributed by atoms with Crippen molar-refractivity contribution in [3.05, 3.63) is 34.3 Å². The van der Waals surface area contributed by atoms with Crippen molar-refractivity contribution in [2.24, 2.45) is 5.92 Å². The Kier molecular flexibility index (Phi) is 3.35. The molecule has 1 aliphatic heterocycles. The highest BCUT2D eigenvalue weighted by Crippen LogP contribution is 2.30. The summed E-state index contributed by atoms with van der Waals surface area (Å²) < 4.78 is 5.58. The molecule has 1 N–H and O–H groups in total. The smallest absolute Gasteiger partial charge is 0.233 e. The maximum absolute atomic E-state index is 12.1. The van der Waals surface area contributed by atoms with Crippen molar-refractivity contribution in [2.45, 2.75) is 6.42 Å². The molecule has 0 fully saturated rings. The number of ether oxygens (including phenoxy) is 1. The minimum absolute atomic E-state index is 0.109. The molecular formula is C12H10ClN3O2S. The normalized spacial score (nSPS) is 17.4. The molecule has 98 valence electrons. The number of hydrogen-bond acceptors (Lipinski definition) is 5. The molecule has 2 aromatic rings. The van der Waals surface area contributed by atoms with E-state index in [1.165, 1.54) is 11.3 Å². The molecule has 3 rings (SSSR count). The van der Waals surface area contributed by atoms with Gasteiger partial charge < -0.3 is 10.1 Å². The van der Waals surface area contributed by atoms with Gasteiger partial charge >= 0.3 is 0 Å². The van der Waals surface area contributed by atoms with E-state index in [-0.39, 0.29) is 11.8 Å². The van der Waals surface area contributed by atoms with Crippen LogP contribution >= 0.6 is 22.9 Å². The largest absolute Gasteiger partial charge is 0.492 e. The van der Waals surface area contributed by atoms with Gasteiger partial charge in [0.1, 0.15) is 17.9 Å². The second-order valence-electron chi connectivity index (χ2n) is 4.20. The van der Waals surface area contributed by atoms with Crippen LogP contribution in [0.4, 0.5) is 5.13 Å². The zero-order valence-corrected chi connectivity index (χ0v) is 11.4. The average molecular weight is 296 g/mol. The summed E-state index contributed by atoms with van der Waals surface area (Å²) in [5, 5.41) is 11.3. The van der Waals surface area contributed by atoms with Crippen molar-refractivity contribution in [3.63, 3.8) is 0 Å². The Morgan fingerprint density at radius 3 is 3.21 bits per heavy atom. The number of rotatable bonds is 2. The highest BCUT2D eigenvalue weighted by molar-refractivity contribution is 7.13. The first-order valence-electron chi connectivity index (χ1n) is 5.70. The van der Waals surface area contributed by atoms with E-state index in [0.29, 0.717) is 23.2 Å². The summed E-state index contributed by atoms with van der Waals surface area (Å²) in [6, 6.07) is 5.44. The van der Waals surface area contributed by atoms with Crippen LogP contribution in [0.1, 0.15) is 5.56 Å². The average Bonchev–Trinajstić information content (AvgIpc) is 2.90. The van der Waals surface area contributed by atoms with Gasteiger partial charge in [-0.2, -0.15) is 0 Å². The lowest BCUT2D eigenvalue weighted by Crippen LogP contribution is -2.32. The molecule has 0 aliphatic carbocycles. The minimum Gasteiger partial charge on any atom is -0.492 e. The molecule has 1 aromatic carbocycles. The molecule has 2 heterocycles. The lowest BCUT2D eigenvalue weighted by atomic mass is 9.96. The fraction of sp³-hybridized carbons (Fsp3) is 0.250. The van der Waals surface area contributed by atoms with Crippen molar-refractivity contribution in [1.82, 2.24) is 10.2 Å². The van der Waals surface area contributed by atoms with Crippen LogP contribution in [0.5, 0.6) is 5.75 Å². The highest BCUT2D eigenvalue weighted by Gasteiger charge is 2.26. The third kappa shape index (κ3) is 2.69. The Morgan fingerprint density at radius 2 is 2.42 bits per heavy atom. The zero-order chi connectivity index (χ0) is 13.2. The Hall–Kier alpha value is -1.66. The summed E-state index contributed by atoms with van der Waals surface area (Å²) in [5.41, 5.74) is 2.53. The molecule has 1 atom stereocenters. The number of amides is 1. The lowest BCUT2D eigenvalue weighted by Gasteiger charge is -2.24. The number of nitrogens with one attached hydrogen (secondary N) is 1. The molecule has 7 heteroatoms. The fourth-order valence-corrected chi connectivity index (χ4v) is 2.61. The minimum atomic E-state index is -0.241. The molecule has 5 nitrogen and oxygen atoms in total. The quantitative estimate of drug-likeness (QED) is 0.924. The summed E-state index contributed by atoms with van der Waals surface area (Å²) >= 11 is 7.23. The number of halogens is 1. The standard InChI is InChI=1S/C12H10ClN3O2S/c13-9-1-2-10-7(4-9)3-8(5-18-10)11(17)15-12-16-14-6-19-12/h1-2,4,6,8H,3,5H2,(H,15,16,17)/t8-/m0/s1. The molecule has 0 saturated carbocycles. The van der Waals surface area contributed by atoms with Crippen molar-refractivity contribution in [1.29, 1.82) is 0 Å². The summed E-state index contributed by atoms with van der Waals surface area (Å²) in [6.07, 6.45) is 0.612. The molecule has 1 aliphatic rings. The van der Waals surface area contributed by atoms with E-state index < -0.39 is 0 Å². The Balaban J connectivity index is 1.72. The van der Waals surface area contributed by atoms with Gasteiger partial charge in [0.25, 0.3) is 0 Å². The monoisotopic (exact) mass is 295 g/mol. The summed E-state index contributed by atoms with van der Waals surface area (Å²) in [6.45, 7) is 0.360. The van der Waals surface area contributed by atoms with Gasteiger partial charge in [-0.05, 0) is 30.2 Å². The lowest BCUT2D eigenvalue weighted by molar-refractivity contribution is -0.121. The number of aromatic nitrogens is 2. The van der Waals surface area contributed by atoms with Crippen LogP contribution in [0.2, 0.25) is 5.02 Å². The van der Waals surface area contributed by atoms with E-state index in [2.05, 4.69) is 15.5 Å². The van der Waals surface area contributed by atoms with Gasteiger partial charge in [-0.3, -0.25) is 4.79 Å². The first-order chi connectivity index (χ1) is 9.22. The third-order valence-electron chi connectivity index (χ3n) is 2.89. The number of fused-ring (bicyclic) bond motifs is 1. The van der Waals surface area contributed by atoms with Crippen molar-refractivity contribution < 1.29 is 9.53 Å². The summed E-state index contributed by atoms with van der Waals surface area (Å²) in [7, 11) is 0. The topological polar surface area (TPSA) is 64.1 Å². The number of carbonyl (C=O) groups is 1. The Morgan fingerprint density at radius 1 is 1.53 bits per heavy atom. The van der Waals surface area contributed by atoms with Crippen molar-refractivity contribution >= 4 is 34.0 Å². The van der Waals surface area contributed by atoms with Crippen LogP contribution in [0.3, 0.4) is 0 Å². The van der Waals surface area contributed by atoms with Gasteiger partial charge in [-0.1, -0.05) is 22.9 Å². The van der Waals surface area contributed by atoms with E-state index in [0.717, 1.165) is 11.3 Å². The predicted molar refractivity (Wildman–Crippen MR) is 72.7 cm³/mol. The number of benzene rings is 1. The first kappa shape index (κ1) is 12.4. The van der Waals surface area contributed by atoms with Gasteiger partial charge in [0.15, 0.2) is 0 Å². The highest BCUT2D eigenvalue weighted by atomic mass is 35.5. The number of anilines is 1. The van der Waals surface area contributed by atoms with Gasteiger partial charge in [-0.15, -0.1) is 10.2 Å². The van der Waals surface area contributed by atoms with E-state index in [1.54, 1.807) is 11.6 Å².